The predicted octanol–water partition coefficient (Wildman–Crippen LogP) is 2.93. The summed E-state index contributed by atoms with van der Waals surface area (Å²) in [4.78, 5) is 0. The molecule has 1 aromatic carbocycles. The Hall–Kier alpha value is -0.740. The third kappa shape index (κ3) is 2.36. The molecular weight excluding hydrogens is 294 g/mol. The lowest BCUT2D eigenvalue weighted by molar-refractivity contribution is 0.296. The topological polar surface area (TPSA) is 30.5 Å². The van der Waals surface area contributed by atoms with Crippen LogP contribution in [0.4, 0.5) is 0 Å². The van der Waals surface area contributed by atoms with Gasteiger partial charge in [-0.15, -0.1) is 0 Å². The van der Waals surface area contributed by atoms with E-state index in [0.717, 1.165) is 48.1 Å². The van der Waals surface area contributed by atoms with Crippen molar-refractivity contribution in [3.63, 3.8) is 0 Å². The molecule has 0 saturated heterocycles. The second-order valence-corrected chi connectivity index (χ2v) is 5.89. The molecular formula is C14H18BrNO2. The van der Waals surface area contributed by atoms with Gasteiger partial charge < -0.3 is 14.8 Å². The highest BCUT2D eigenvalue weighted by Crippen LogP contribution is 2.50. The molecule has 0 amide bonds. The molecule has 2 atom stereocenters. The second kappa shape index (κ2) is 5.10. The highest BCUT2D eigenvalue weighted by Gasteiger charge is 2.38. The number of rotatable bonds is 3. The Kier molecular flexibility index (Phi) is 3.48. The summed E-state index contributed by atoms with van der Waals surface area (Å²) in [6, 6.07) is 4.35. The van der Waals surface area contributed by atoms with Crippen LogP contribution >= 0.6 is 15.9 Å². The summed E-state index contributed by atoms with van der Waals surface area (Å²) in [5, 5.41) is 3.25. The van der Waals surface area contributed by atoms with Crippen molar-refractivity contribution < 1.29 is 9.47 Å². The highest BCUT2D eigenvalue weighted by molar-refractivity contribution is 9.10. The average Bonchev–Trinajstić information content (AvgIpc) is 3.12. The van der Waals surface area contributed by atoms with Gasteiger partial charge in [0.15, 0.2) is 11.5 Å². The summed E-state index contributed by atoms with van der Waals surface area (Å²) in [5.41, 5.74) is 1.37. The maximum Gasteiger partial charge on any atom is 0.175 e. The van der Waals surface area contributed by atoms with E-state index in [2.05, 4.69) is 33.4 Å². The summed E-state index contributed by atoms with van der Waals surface area (Å²) >= 11 is 3.60. The van der Waals surface area contributed by atoms with Crippen LogP contribution in [0.15, 0.2) is 16.6 Å². The third-order valence-electron chi connectivity index (χ3n) is 3.64. The van der Waals surface area contributed by atoms with E-state index in [1.165, 1.54) is 12.0 Å². The molecule has 18 heavy (non-hydrogen) atoms. The lowest BCUT2D eigenvalue weighted by atomic mass is 10.1. The molecule has 3 nitrogen and oxygen atoms in total. The Bertz CT molecular complexity index is 450. The Labute approximate surface area is 116 Å². The van der Waals surface area contributed by atoms with E-state index in [-0.39, 0.29) is 0 Å². The molecule has 1 aliphatic carbocycles. The smallest absolute Gasteiger partial charge is 0.175 e. The Morgan fingerprint density at radius 1 is 1.33 bits per heavy atom. The number of ether oxygens (including phenoxy) is 2. The monoisotopic (exact) mass is 311 g/mol. The first-order chi connectivity index (χ1) is 8.79. The molecule has 1 N–H and O–H groups in total. The van der Waals surface area contributed by atoms with Gasteiger partial charge in [-0.1, -0.05) is 0 Å². The Balaban J connectivity index is 1.85. The first-order valence-electron chi connectivity index (χ1n) is 6.53. The largest absolute Gasteiger partial charge is 0.490 e. The molecule has 2 aliphatic rings. The maximum atomic E-state index is 5.77. The molecule has 2 unspecified atom stereocenters. The molecule has 0 spiro atoms. The van der Waals surface area contributed by atoms with Crippen LogP contribution in [0.3, 0.4) is 0 Å². The summed E-state index contributed by atoms with van der Waals surface area (Å²) in [6.45, 7) is 2.57. The normalized spacial score (nSPS) is 25.7. The van der Waals surface area contributed by atoms with Gasteiger partial charge in [0.25, 0.3) is 0 Å². The van der Waals surface area contributed by atoms with Crippen molar-refractivity contribution in [1.29, 1.82) is 0 Å². The molecule has 98 valence electrons. The number of nitrogens with one attached hydrogen (secondary N) is 1. The van der Waals surface area contributed by atoms with E-state index in [9.17, 15) is 0 Å². The molecule has 1 saturated carbocycles. The average molecular weight is 312 g/mol. The van der Waals surface area contributed by atoms with Crippen molar-refractivity contribution in [2.75, 3.05) is 26.8 Å². The molecule has 1 heterocycles. The zero-order chi connectivity index (χ0) is 12.5. The first-order valence-corrected chi connectivity index (χ1v) is 7.32. The van der Waals surface area contributed by atoms with Crippen LogP contribution in [-0.4, -0.2) is 26.8 Å². The van der Waals surface area contributed by atoms with Gasteiger partial charge in [-0.25, -0.2) is 0 Å². The molecule has 1 fully saturated rings. The molecule has 3 rings (SSSR count). The minimum Gasteiger partial charge on any atom is -0.490 e. The van der Waals surface area contributed by atoms with E-state index < -0.39 is 0 Å². The van der Waals surface area contributed by atoms with Crippen LogP contribution in [0.1, 0.15) is 24.3 Å². The van der Waals surface area contributed by atoms with Crippen LogP contribution in [0.2, 0.25) is 0 Å². The van der Waals surface area contributed by atoms with Crippen molar-refractivity contribution in [3.05, 3.63) is 22.2 Å². The van der Waals surface area contributed by atoms with E-state index in [1.54, 1.807) is 0 Å². The van der Waals surface area contributed by atoms with Crippen LogP contribution in [0, 0.1) is 5.92 Å². The molecule has 1 aromatic rings. The zero-order valence-corrected chi connectivity index (χ0v) is 12.1. The lowest BCUT2D eigenvalue weighted by Crippen LogP contribution is -2.10. The third-order valence-corrected chi connectivity index (χ3v) is 4.23. The number of benzene rings is 1. The van der Waals surface area contributed by atoms with E-state index in [4.69, 9.17) is 9.47 Å². The standard InChI is InChI=1S/C14H18BrNO2/c1-16-8-10-5-11(10)9-6-12(15)14-13(7-9)17-3-2-4-18-14/h6-7,10-11,16H,2-5,8H2,1H3. The van der Waals surface area contributed by atoms with Crippen LogP contribution in [0.5, 0.6) is 11.5 Å². The summed E-state index contributed by atoms with van der Waals surface area (Å²) in [6.07, 6.45) is 2.22. The van der Waals surface area contributed by atoms with Crippen molar-refractivity contribution in [3.8, 4) is 11.5 Å². The van der Waals surface area contributed by atoms with Gasteiger partial charge >= 0.3 is 0 Å². The first kappa shape index (κ1) is 12.3. The van der Waals surface area contributed by atoms with Crippen LogP contribution in [-0.2, 0) is 0 Å². The van der Waals surface area contributed by atoms with Crippen molar-refractivity contribution in [2.45, 2.75) is 18.8 Å². The molecule has 4 heteroatoms. The summed E-state index contributed by atoms with van der Waals surface area (Å²) < 4.78 is 12.5. The number of hydrogen-bond donors (Lipinski definition) is 1. The van der Waals surface area contributed by atoms with Gasteiger partial charge in [-0.05, 0) is 65.5 Å². The van der Waals surface area contributed by atoms with Gasteiger partial charge in [0.1, 0.15) is 0 Å². The van der Waals surface area contributed by atoms with Crippen molar-refractivity contribution in [1.82, 2.24) is 5.32 Å². The quantitative estimate of drug-likeness (QED) is 0.931. The van der Waals surface area contributed by atoms with E-state index in [1.807, 2.05) is 7.05 Å². The van der Waals surface area contributed by atoms with Crippen molar-refractivity contribution >= 4 is 15.9 Å². The number of halogens is 1. The minimum absolute atomic E-state index is 0.672. The Morgan fingerprint density at radius 3 is 3.00 bits per heavy atom. The predicted molar refractivity (Wildman–Crippen MR) is 74.5 cm³/mol. The molecule has 0 bridgehead atoms. The lowest BCUT2D eigenvalue weighted by Gasteiger charge is -2.11. The molecule has 0 radical (unpaired) electrons. The second-order valence-electron chi connectivity index (χ2n) is 5.04. The van der Waals surface area contributed by atoms with Crippen LogP contribution < -0.4 is 14.8 Å². The fourth-order valence-electron chi connectivity index (χ4n) is 2.61. The summed E-state index contributed by atoms with van der Waals surface area (Å²) in [7, 11) is 2.01. The Morgan fingerprint density at radius 2 is 2.17 bits per heavy atom. The molecule has 0 aromatic heterocycles. The van der Waals surface area contributed by atoms with Gasteiger partial charge in [0, 0.05) is 6.42 Å². The van der Waals surface area contributed by atoms with Gasteiger partial charge in [0.05, 0.1) is 17.7 Å². The SMILES string of the molecule is CNCC1CC1c1cc(Br)c2c(c1)OCCCO2. The van der Waals surface area contributed by atoms with Gasteiger partial charge in [-0.3, -0.25) is 0 Å². The number of fused-ring (bicyclic) bond motifs is 1. The highest BCUT2D eigenvalue weighted by atomic mass is 79.9. The van der Waals surface area contributed by atoms with E-state index in [0.29, 0.717) is 5.92 Å². The zero-order valence-electron chi connectivity index (χ0n) is 10.5. The maximum absolute atomic E-state index is 5.77. The number of hydrogen-bond acceptors (Lipinski definition) is 3. The minimum atomic E-state index is 0.672. The van der Waals surface area contributed by atoms with Gasteiger partial charge in [0.2, 0.25) is 0 Å². The van der Waals surface area contributed by atoms with E-state index >= 15 is 0 Å². The van der Waals surface area contributed by atoms with Gasteiger partial charge in [-0.2, -0.15) is 0 Å². The molecule has 1 aliphatic heterocycles. The van der Waals surface area contributed by atoms with Crippen molar-refractivity contribution in [2.24, 2.45) is 5.92 Å². The fourth-order valence-corrected chi connectivity index (χ4v) is 3.18. The van der Waals surface area contributed by atoms with Crippen LogP contribution in [0.25, 0.3) is 0 Å². The fraction of sp³-hybridized carbons (Fsp3) is 0.571. The summed E-state index contributed by atoms with van der Waals surface area (Å²) in [5.74, 6) is 3.20.